The molecule has 1 aliphatic heterocycles. The molecule has 0 spiro atoms. The molecule has 0 atom stereocenters. The summed E-state index contributed by atoms with van der Waals surface area (Å²) in [4.78, 5) is 15.5. The molecule has 0 unspecified atom stereocenters. The average Bonchev–Trinajstić information content (AvgIpc) is 3.15. The van der Waals surface area contributed by atoms with Crippen molar-refractivity contribution in [3.05, 3.63) is 106 Å². The van der Waals surface area contributed by atoms with Crippen LogP contribution in [0, 0.1) is 0 Å². The normalized spacial score (nSPS) is 14.7. The number of anilines is 1. The zero-order valence-electron chi connectivity index (χ0n) is 18.7. The van der Waals surface area contributed by atoms with Gasteiger partial charge in [-0.2, -0.15) is 0 Å². The number of halogens is 1. The lowest BCUT2D eigenvalue weighted by atomic mass is 10.1. The minimum Gasteiger partial charge on any atom is -0.493 e. The lowest BCUT2D eigenvalue weighted by Gasteiger charge is -2.17. The van der Waals surface area contributed by atoms with Gasteiger partial charge in [-0.3, -0.25) is 9.69 Å². The lowest BCUT2D eigenvalue weighted by molar-refractivity contribution is -0.113. The van der Waals surface area contributed by atoms with Crippen LogP contribution in [-0.2, 0) is 11.4 Å². The van der Waals surface area contributed by atoms with E-state index in [1.54, 1.807) is 30.2 Å². The molecule has 0 saturated carbocycles. The van der Waals surface area contributed by atoms with E-state index in [9.17, 15) is 4.79 Å². The van der Waals surface area contributed by atoms with Gasteiger partial charge >= 0.3 is 0 Å². The summed E-state index contributed by atoms with van der Waals surface area (Å²) in [6.45, 7) is 0.361. The number of carbonyl (C=O) groups excluding carboxylic acids is 1. The Balaban J connectivity index is 1.44. The summed E-state index contributed by atoms with van der Waals surface area (Å²) >= 11 is 13.4. The Kier molecular flexibility index (Phi) is 6.77. The van der Waals surface area contributed by atoms with Crippen LogP contribution in [0.15, 0.2) is 89.8 Å². The molecule has 1 saturated heterocycles. The Hall–Kier alpha value is -3.32. The molecule has 4 aromatic rings. The second-order valence-corrected chi connectivity index (χ2v) is 9.91. The Labute approximate surface area is 218 Å². The van der Waals surface area contributed by atoms with Gasteiger partial charge in [0.05, 0.1) is 22.7 Å². The van der Waals surface area contributed by atoms with E-state index < -0.39 is 0 Å². The van der Waals surface area contributed by atoms with E-state index in [1.165, 1.54) is 11.8 Å². The van der Waals surface area contributed by atoms with Crippen molar-refractivity contribution in [2.75, 3.05) is 12.0 Å². The maximum absolute atomic E-state index is 13.4. The number of nitrogens with zero attached hydrogens (tertiary/aromatic N) is 1. The van der Waals surface area contributed by atoms with Crippen molar-refractivity contribution in [2.24, 2.45) is 0 Å². The molecule has 1 aliphatic rings. The van der Waals surface area contributed by atoms with Gasteiger partial charge in [0.15, 0.2) is 15.8 Å². The molecule has 0 aromatic heterocycles. The third-order valence-corrected chi connectivity index (χ3v) is 7.16. The number of carbonyl (C=O) groups is 1. The van der Waals surface area contributed by atoms with E-state index in [2.05, 4.69) is 0 Å². The van der Waals surface area contributed by atoms with Crippen molar-refractivity contribution in [1.82, 2.24) is 0 Å². The maximum atomic E-state index is 13.4. The molecule has 4 aromatic carbocycles. The van der Waals surface area contributed by atoms with Gasteiger partial charge < -0.3 is 9.47 Å². The highest BCUT2D eigenvalue weighted by Crippen LogP contribution is 2.41. The predicted molar refractivity (Wildman–Crippen MR) is 148 cm³/mol. The van der Waals surface area contributed by atoms with Crippen LogP contribution in [0.4, 0.5) is 5.69 Å². The average molecular weight is 518 g/mol. The largest absolute Gasteiger partial charge is 0.493 e. The van der Waals surface area contributed by atoms with Crippen LogP contribution in [0.5, 0.6) is 11.5 Å². The topological polar surface area (TPSA) is 38.8 Å². The summed E-state index contributed by atoms with van der Waals surface area (Å²) in [5.74, 6) is 0.776. The van der Waals surface area contributed by atoms with Crippen molar-refractivity contribution in [3.63, 3.8) is 0 Å². The minimum absolute atomic E-state index is 0.171. The third kappa shape index (κ3) is 4.78. The third-order valence-electron chi connectivity index (χ3n) is 5.58. The summed E-state index contributed by atoms with van der Waals surface area (Å²) in [7, 11) is 1.56. The fraction of sp³-hybridized carbons (Fsp3) is 0.0714. The number of benzene rings is 4. The SMILES string of the molecule is COc1cc(/C=C2/SC(=S)N(c3cccc4ccccc34)C2=O)cc(Cl)c1OCc1ccccc1. The monoisotopic (exact) mass is 517 g/mol. The Bertz CT molecular complexity index is 1460. The molecular formula is C28H20ClNO3S2. The van der Waals surface area contributed by atoms with E-state index in [0.29, 0.717) is 32.4 Å². The molecule has 35 heavy (non-hydrogen) atoms. The van der Waals surface area contributed by atoms with Crippen molar-refractivity contribution < 1.29 is 14.3 Å². The molecule has 0 bridgehead atoms. The second kappa shape index (κ2) is 10.1. The number of fused-ring (bicyclic) bond motifs is 1. The number of hydrogen-bond acceptors (Lipinski definition) is 5. The molecular weight excluding hydrogens is 498 g/mol. The Morgan fingerprint density at radius 1 is 1.00 bits per heavy atom. The second-order valence-electron chi connectivity index (χ2n) is 7.82. The number of methoxy groups -OCH3 is 1. The number of hydrogen-bond donors (Lipinski definition) is 0. The standard InChI is InChI=1S/C28H20ClNO3S2/c1-32-24-15-19(14-22(29)26(24)33-17-18-8-3-2-4-9-18)16-25-27(31)30(28(34)35-25)23-13-7-11-20-10-5-6-12-21(20)23/h2-16H,17H2,1H3/b25-16+. The van der Waals surface area contributed by atoms with E-state index in [0.717, 1.165) is 27.6 Å². The fourth-order valence-corrected chi connectivity index (χ4v) is 5.48. The van der Waals surface area contributed by atoms with Gasteiger partial charge in [-0.25, -0.2) is 0 Å². The highest BCUT2D eigenvalue weighted by Gasteiger charge is 2.34. The van der Waals surface area contributed by atoms with Crippen molar-refractivity contribution in [3.8, 4) is 11.5 Å². The van der Waals surface area contributed by atoms with Crippen LogP contribution in [0.25, 0.3) is 16.8 Å². The number of amides is 1. The maximum Gasteiger partial charge on any atom is 0.270 e. The highest BCUT2D eigenvalue weighted by molar-refractivity contribution is 8.27. The van der Waals surface area contributed by atoms with Gasteiger partial charge in [-0.05, 0) is 40.8 Å². The van der Waals surface area contributed by atoms with Gasteiger partial charge in [0, 0.05) is 5.39 Å². The summed E-state index contributed by atoms with van der Waals surface area (Å²) in [5, 5.41) is 2.42. The lowest BCUT2D eigenvalue weighted by Crippen LogP contribution is -2.27. The predicted octanol–water partition coefficient (Wildman–Crippen LogP) is 7.49. The van der Waals surface area contributed by atoms with Crippen molar-refractivity contribution in [2.45, 2.75) is 6.61 Å². The first kappa shape index (κ1) is 23.4. The van der Waals surface area contributed by atoms with Crippen LogP contribution < -0.4 is 14.4 Å². The number of rotatable bonds is 6. The van der Waals surface area contributed by atoms with E-state index >= 15 is 0 Å². The first-order valence-corrected chi connectivity index (χ1v) is 12.5. The highest BCUT2D eigenvalue weighted by atomic mass is 35.5. The number of thiocarbonyl (C=S) groups is 1. The molecule has 0 aliphatic carbocycles. The van der Waals surface area contributed by atoms with Gasteiger partial charge in [0.2, 0.25) is 0 Å². The first-order valence-electron chi connectivity index (χ1n) is 10.8. The minimum atomic E-state index is -0.171. The smallest absolute Gasteiger partial charge is 0.270 e. The van der Waals surface area contributed by atoms with E-state index in [-0.39, 0.29) is 5.91 Å². The van der Waals surface area contributed by atoms with Gasteiger partial charge in [-0.15, -0.1) is 0 Å². The number of ether oxygens (including phenoxy) is 2. The molecule has 1 fully saturated rings. The Morgan fingerprint density at radius 3 is 2.54 bits per heavy atom. The van der Waals surface area contributed by atoms with E-state index in [1.807, 2.05) is 72.8 Å². The molecule has 174 valence electrons. The van der Waals surface area contributed by atoms with Crippen LogP contribution in [-0.4, -0.2) is 17.3 Å². The number of thioether (sulfide) groups is 1. The van der Waals surface area contributed by atoms with Crippen LogP contribution in [0.3, 0.4) is 0 Å². The van der Waals surface area contributed by atoms with Gasteiger partial charge in [-0.1, -0.05) is 102 Å². The zero-order chi connectivity index (χ0) is 24.4. The molecule has 0 N–H and O–H groups in total. The molecule has 1 amide bonds. The summed E-state index contributed by atoms with van der Waals surface area (Å²) < 4.78 is 12.0. The molecule has 5 rings (SSSR count). The molecule has 4 nitrogen and oxygen atoms in total. The van der Waals surface area contributed by atoms with Gasteiger partial charge in [0.25, 0.3) is 5.91 Å². The van der Waals surface area contributed by atoms with Crippen LogP contribution in [0.1, 0.15) is 11.1 Å². The summed E-state index contributed by atoms with van der Waals surface area (Å²) in [6.07, 6.45) is 1.78. The molecule has 7 heteroatoms. The van der Waals surface area contributed by atoms with E-state index in [4.69, 9.17) is 33.3 Å². The van der Waals surface area contributed by atoms with Crippen molar-refractivity contribution in [1.29, 1.82) is 0 Å². The fourth-order valence-electron chi connectivity index (χ4n) is 3.92. The molecule has 0 radical (unpaired) electrons. The van der Waals surface area contributed by atoms with Crippen molar-refractivity contribution >= 4 is 68.3 Å². The summed E-state index contributed by atoms with van der Waals surface area (Å²) in [5.41, 5.74) is 2.51. The quantitative estimate of drug-likeness (QED) is 0.196. The van der Waals surface area contributed by atoms with Gasteiger partial charge in [0.1, 0.15) is 6.61 Å². The zero-order valence-corrected chi connectivity index (χ0v) is 21.1. The molecule has 1 heterocycles. The Morgan fingerprint density at radius 2 is 1.74 bits per heavy atom. The summed E-state index contributed by atoms with van der Waals surface area (Å²) in [6, 6.07) is 27.2. The van der Waals surface area contributed by atoms with Crippen LogP contribution >= 0.6 is 35.6 Å². The first-order chi connectivity index (χ1) is 17.0. The van der Waals surface area contributed by atoms with Crippen LogP contribution in [0.2, 0.25) is 5.02 Å².